The van der Waals surface area contributed by atoms with Crippen molar-refractivity contribution in [2.75, 3.05) is 6.54 Å². The summed E-state index contributed by atoms with van der Waals surface area (Å²) in [7, 11) is 0. The summed E-state index contributed by atoms with van der Waals surface area (Å²) in [5, 5.41) is 5.54. The van der Waals surface area contributed by atoms with E-state index in [0.29, 0.717) is 12.0 Å². The molecule has 4 amide bonds. The maximum atomic E-state index is 13.9. The van der Waals surface area contributed by atoms with Crippen LogP contribution in [0.25, 0.3) is 0 Å². The van der Waals surface area contributed by atoms with E-state index in [2.05, 4.69) is 10.6 Å². The van der Waals surface area contributed by atoms with Crippen LogP contribution in [0.3, 0.4) is 0 Å². The smallest absolute Gasteiger partial charge is 0.408 e. The van der Waals surface area contributed by atoms with Gasteiger partial charge in [-0.25, -0.2) is 4.79 Å². The largest absolute Gasteiger partial charge is 0.444 e. The van der Waals surface area contributed by atoms with Gasteiger partial charge in [-0.1, -0.05) is 44.9 Å². The number of ether oxygens (including phenoxy) is 1. The van der Waals surface area contributed by atoms with E-state index in [-0.39, 0.29) is 18.5 Å². The lowest BCUT2D eigenvalue weighted by molar-refractivity contribution is -0.143. The van der Waals surface area contributed by atoms with E-state index in [0.717, 1.165) is 30.4 Å². The molecule has 1 aromatic rings. The average molecular weight is 519 g/mol. The van der Waals surface area contributed by atoms with Crippen LogP contribution >= 0.6 is 0 Å². The minimum absolute atomic E-state index is 0.0871. The summed E-state index contributed by atoms with van der Waals surface area (Å²) in [5.41, 5.74) is 7.34. The van der Waals surface area contributed by atoms with Gasteiger partial charge in [-0.2, -0.15) is 0 Å². The van der Waals surface area contributed by atoms with Crippen LogP contribution in [0.4, 0.5) is 4.79 Å². The number of unbranched alkanes of at least 4 members (excludes halogenated alkanes) is 1. The Morgan fingerprint density at radius 3 is 2.19 bits per heavy atom. The standard InChI is InChI=1S/C28H46N4O5/c1-9-11-15-32(26(35)22(17-23(29)33)31-27(36)37-28(6,7)8)24(25(34)30-20(5)12-10-2)21-14-13-18(3)19(4)16-21/h13-14,16,20,22,24H,9-12,15,17H2,1-8H3,(H2,29,33)(H,30,34)(H,31,36). The van der Waals surface area contributed by atoms with Gasteiger partial charge in [0.15, 0.2) is 0 Å². The van der Waals surface area contributed by atoms with Crippen molar-refractivity contribution < 1.29 is 23.9 Å². The van der Waals surface area contributed by atoms with Crippen molar-refractivity contribution in [1.82, 2.24) is 15.5 Å². The molecular weight excluding hydrogens is 472 g/mol. The summed E-state index contributed by atoms with van der Waals surface area (Å²) in [5.74, 6) is -1.64. The van der Waals surface area contributed by atoms with Gasteiger partial charge in [-0.3, -0.25) is 14.4 Å². The van der Waals surface area contributed by atoms with Gasteiger partial charge < -0.3 is 26.0 Å². The monoisotopic (exact) mass is 518 g/mol. The average Bonchev–Trinajstić information content (AvgIpc) is 2.76. The number of nitrogens with two attached hydrogens (primary N) is 1. The predicted octanol–water partition coefficient (Wildman–Crippen LogP) is 4.05. The number of aryl methyl sites for hydroxylation is 2. The Morgan fingerprint density at radius 2 is 1.68 bits per heavy atom. The third-order valence-corrected chi connectivity index (χ3v) is 5.95. The van der Waals surface area contributed by atoms with Crippen LogP contribution in [0.1, 0.15) is 96.4 Å². The zero-order chi connectivity index (χ0) is 28.3. The number of nitrogens with one attached hydrogen (secondary N) is 2. The molecule has 0 spiro atoms. The third-order valence-electron chi connectivity index (χ3n) is 5.95. The quantitative estimate of drug-likeness (QED) is 0.363. The highest BCUT2D eigenvalue weighted by atomic mass is 16.6. The number of rotatable bonds is 13. The molecule has 9 heteroatoms. The van der Waals surface area contributed by atoms with Crippen molar-refractivity contribution in [3.63, 3.8) is 0 Å². The fourth-order valence-corrected chi connectivity index (χ4v) is 3.98. The van der Waals surface area contributed by atoms with Crippen LogP contribution in [-0.4, -0.2) is 52.9 Å². The fourth-order valence-electron chi connectivity index (χ4n) is 3.98. The van der Waals surface area contributed by atoms with Gasteiger partial charge in [0.2, 0.25) is 17.7 Å². The van der Waals surface area contributed by atoms with E-state index in [1.165, 1.54) is 4.90 Å². The molecule has 0 saturated heterocycles. The highest BCUT2D eigenvalue weighted by molar-refractivity contribution is 5.94. The Bertz CT molecular complexity index is 941. The first kappa shape index (κ1) is 31.9. The molecule has 0 fully saturated rings. The molecule has 0 saturated carbocycles. The molecule has 0 heterocycles. The minimum Gasteiger partial charge on any atom is -0.444 e. The zero-order valence-electron chi connectivity index (χ0n) is 23.8. The Hall–Kier alpha value is -3.10. The first-order valence-corrected chi connectivity index (χ1v) is 13.2. The van der Waals surface area contributed by atoms with Crippen molar-refractivity contribution in [3.8, 4) is 0 Å². The summed E-state index contributed by atoms with van der Waals surface area (Å²) < 4.78 is 5.31. The van der Waals surface area contributed by atoms with Crippen molar-refractivity contribution >= 4 is 23.8 Å². The molecule has 0 aliphatic heterocycles. The maximum Gasteiger partial charge on any atom is 0.408 e. The number of nitrogens with zero attached hydrogens (tertiary/aromatic N) is 1. The van der Waals surface area contributed by atoms with Crippen LogP contribution in [0.2, 0.25) is 0 Å². The number of carbonyl (C=O) groups excluding carboxylic acids is 4. The molecule has 1 aromatic carbocycles. The van der Waals surface area contributed by atoms with Gasteiger partial charge in [0.1, 0.15) is 17.7 Å². The second-order valence-electron chi connectivity index (χ2n) is 10.7. The number of hydrogen-bond donors (Lipinski definition) is 3. The fraction of sp³-hybridized carbons (Fsp3) is 0.643. The molecule has 0 aliphatic carbocycles. The number of carbonyl (C=O) groups is 4. The lowest BCUT2D eigenvalue weighted by Crippen LogP contribution is -2.54. The van der Waals surface area contributed by atoms with E-state index >= 15 is 0 Å². The summed E-state index contributed by atoms with van der Waals surface area (Å²) in [6, 6.07) is 3.35. The number of primary amides is 1. The Labute approximate surface area is 221 Å². The highest BCUT2D eigenvalue weighted by Gasteiger charge is 2.37. The normalized spacial score (nSPS) is 13.7. The topological polar surface area (TPSA) is 131 Å². The molecule has 0 aliphatic rings. The van der Waals surface area contributed by atoms with Crippen LogP contribution in [0.15, 0.2) is 18.2 Å². The van der Waals surface area contributed by atoms with E-state index in [1.807, 2.05) is 52.8 Å². The molecule has 0 aromatic heterocycles. The Morgan fingerprint density at radius 1 is 1.03 bits per heavy atom. The zero-order valence-corrected chi connectivity index (χ0v) is 23.8. The predicted molar refractivity (Wildman–Crippen MR) is 145 cm³/mol. The van der Waals surface area contributed by atoms with Gasteiger partial charge >= 0.3 is 6.09 Å². The molecule has 3 atom stereocenters. The minimum atomic E-state index is -1.28. The highest BCUT2D eigenvalue weighted by Crippen LogP contribution is 2.26. The number of amides is 4. The first-order chi connectivity index (χ1) is 17.2. The van der Waals surface area contributed by atoms with Crippen molar-refractivity contribution in [1.29, 1.82) is 0 Å². The molecule has 0 bridgehead atoms. The van der Waals surface area contributed by atoms with Crippen molar-refractivity contribution in [3.05, 3.63) is 34.9 Å². The maximum absolute atomic E-state index is 13.9. The van der Waals surface area contributed by atoms with Crippen LogP contribution in [-0.2, 0) is 19.1 Å². The second kappa shape index (κ2) is 14.6. The lowest BCUT2D eigenvalue weighted by Gasteiger charge is -2.35. The Balaban J connectivity index is 3.53. The van der Waals surface area contributed by atoms with Gasteiger partial charge in [0.05, 0.1) is 6.42 Å². The number of benzene rings is 1. The molecule has 37 heavy (non-hydrogen) atoms. The molecule has 4 N–H and O–H groups in total. The van der Waals surface area contributed by atoms with Gasteiger partial charge in [0, 0.05) is 12.6 Å². The SMILES string of the molecule is CCCCN(C(=O)C(CC(N)=O)NC(=O)OC(C)(C)C)C(C(=O)NC(C)CCC)c1ccc(C)c(C)c1. The Kier molecular flexibility index (Phi) is 12.6. The van der Waals surface area contributed by atoms with E-state index in [4.69, 9.17) is 10.5 Å². The number of hydrogen-bond acceptors (Lipinski definition) is 5. The molecular formula is C28H46N4O5. The third kappa shape index (κ3) is 10.8. The second-order valence-corrected chi connectivity index (χ2v) is 10.7. The molecule has 3 unspecified atom stereocenters. The lowest BCUT2D eigenvalue weighted by atomic mass is 9.97. The summed E-state index contributed by atoms with van der Waals surface area (Å²) in [6.07, 6.45) is 1.82. The van der Waals surface area contributed by atoms with Crippen LogP contribution < -0.4 is 16.4 Å². The van der Waals surface area contributed by atoms with E-state index in [1.54, 1.807) is 20.8 Å². The van der Waals surface area contributed by atoms with Gasteiger partial charge in [0.25, 0.3) is 0 Å². The number of alkyl carbamates (subject to hydrolysis) is 1. The van der Waals surface area contributed by atoms with Crippen molar-refractivity contribution in [2.24, 2.45) is 5.73 Å². The summed E-state index contributed by atoms with van der Waals surface area (Å²) >= 11 is 0. The van der Waals surface area contributed by atoms with Gasteiger partial charge in [-0.15, -0.1) is 0 Å². The first-order valence-electron chi connectivity index (χ1n) is 13.2. The van der Waals surface area contributed by atoms with E-state index in [9.17, 15) is 19.2 Å². The molecule has 208 valence electrons. The summed E-state index contributed by atoms with van der Waals surface area (Å²) in [4.78, 5) is 53.5. The molecule has 1 rings (SSSR count). The van der Waals surface area contributed by atoms with Crippen molar-refractivity contribution in [2.45, 2.75) is 111 Å². The molecule has 9 nitrogen and oxygen atoms in total. The van der Waals surface area contributed by atoms with Crippen LogP contribution in [0, 0.1) is 13.8 Å². The summed E-state index contributed by atoms with van der Waals surface area (Å²) in [6.45, 7) is 15.2. The van der Waals surface area contributed by atoms with Crippen LogP contribution in [0.5, 0.6) is 0 Å². The molecule has 0 radical (unpaired) electrons. The van der Waals surface area contributed by atoms with Gasteiger partial charge in [-0.05, 0) is 71.1 Å². The van der Waals surface area contributed by atoms with E-state index < -0.39 is 42.0 Å².